The lowest BCUT2D eigenvalue weighted by molar-refractivity contribution is 0.0156. The molecule has 0 fully saturated rings. The van der Waals surface area contributed by atoms with E-state index in [9.17, 15) is 23.4 Å². The molecule has 182 valence electrons. The highest BCUT2D eigenvalue weighted by molar-refractivity contribution is 7.11. The number of rotatable bonds is 10. The van der Waals surface area contributed by atoms with E-state index >= 15 is 4.39 Å². The summed E-state index contributed by atoms with van der Waals surface area (Å²) in [6.07, 6.45) is 2.55. The lowest BCUT2D eigenvalue weighted by Gasteiger charge is -2.32. The normalized spacial score (nSPS) is 17.0. The molecule has 1 aliphatic heterocycles. The smallest absolute Gasteiger partial charge is 0.312 e. The van der Waals surface area contributed by atoms with Crippen LogP contribution in [0.4, 0.5) is 17.6 Å². The summed E-state index contributed by atoms with van der Waals surface area (Å²) in [7, 11) is 0. The van der Waals surface area contributed by atoms with Crippen LogP contribution in [-0.2, 0) is 0 Å². The van der Waals surface area contributed by atoms with Gasteiger partial charge >= 0.3 is 6.55 Å². The molecule has 1 atom stereocenters. The Morgan fingerprint density at radius 3 is 2.65 bits per heavy atom. The summed E-state index contributed by atoms with van der Waals surface area (Å²) in [6.45, 7) is -5.02. The third kappa shape index (κ3) is 5.81. The van der Waals surface area contributed by atoms with Crippen molar-refractivity contribution in [2.24, 2.45) is 4.99 Å². The maximum Gasteiger partial charge on any atom is 0.312 e. The van der Waals surface area contributed by atoms with Crippen LogP contribution in [0.15, 0.2) is 57.8 Å². The number of halogens is 5. The van der Waals surface area contributed by atoms with Gasteiger partial charge in [-0.15, -0.1) is 11.3 Å². The van der Waals surface area contributed by atoms with Crippen LogP contribution in [0.2, 0.25) is 5.02 Å². The number of hydrogen-bond acceptors (Lipinski definition) is 8. The highest BCUT2D eigenvalue weighted by Crippen LogP contribution is 2.40. The Bertz CT molecular complexity index is 1120. The second kappa shape index (κ2) is 11.1. The van der Waals surface area contributed by atoms with Gasteiger partial charge in [0, 0.05) is 52.3 Å². The molecule has 1 aromatic carbocycles. The topological polar surface area (TPSA) is 114 Å². The summed E-state index contributed by atoms with van der Waals surface area (Å²) in [5, 5.41) is 33.6. The Labute approximate surface area is 201 Å². The molecular formula is C21H20ClF4N5O2S. The Balaban J connectivity index is 2.27. The molecule has 3 rings (SSSR count). The van der Waals surface area contributed by atoms with Gasteiger partial charge in [-0.25, -0.2) is 13.8 Å². The Morgan fingerprint density at radius 1 is 1.35 bits per heavy atom. The number of nitrogens with one attached hydrogen (secondary N) is 3. The molecule has 0 bridgehead atoms. The lowest BCUT2D eigenvalue weighted by Crippen LogP contribution is -2.39. The van der Waals surface area contributed by atoms with Crippen LogP contribution in [0.5, 0.6) is 0 Å². The molecular weight excluding hydrogens is 498 g/mol. The zero-order valence-corrected chi connectivity index (χ0v) is 19.0. The second-order valence-corrected chi connectivity index (χ2v) is 8.56. The number of thiazole rings is 1. The number of amidine groups is 1. The summed E-state index contributed by atoms with van der Waals surface area (Å²) in [6, 6.07) is 2.43. The highest BCUT2D eigenvalue weighted by Gasteiger charge is 2.36. The van der Waals surface area contributed by atoms with Gasteiger partial charge in [0.2, 0.25) is 0 Å². The zero-order chi connectivity index (χ0) is 24.9. The van der Waals surface area contributed by atoms with Crippen molar-refractivity contribution >= 4 is 35.0 Å². The predicted molar refractivity (Wildman–Crippen MR) is 122 cm³/mol. The van der Waals surface area contributed by atoms with Gasteiger partial charge in [0.15, 0.2) is 16.5 Å². The molecule has 5 N–H and O–H groups in total. The molecule has 0 amide bonds. The van der Waals surface area contributed by atoms with E-state index < -0.39 is 43.7 Å². The molecule has 7 nitrogen and oxygen atoms in total. The van der Waals surface area contributed by atoms with Crippen LogP contribution < -0.4 is 10.6 Å². The summed E-state index contributed by atoms with van der Waals surface area (Å²) >= 11 is 7.49. The van der Waals surface area contributed by atoms with E-state index in [1.165, 1.54) is 23.6 Å². The van der Waals surface area contributed by atoms with Gasteiger partial charge in [-0.3, -0.25) is 4.99 Å². The van der Waals surface area contributed by atoms with E-state index in [1.54, 1.807) is 10.7 Å². The molecule has 0 aliphatic carbocycles. The molecule has 0 unspecified atom stereocenters. The fourth-order valence-corrected chi connectivity index (χ4v) is 4.16. The van der Waals surface area contributed by atoms with Gasteiger partial charge in [0.1, 0.15) is 11.9 Å². The largest absolute Gasteiger partial charge is 0.393 e. The summed E-state index contributed by atoms with van der Waals surface area (Å²) in [5.74, 6) is -0.438. The number of aliphatic hydroxyl groups excluding tert-OH is 2. The van der Waals surface area contributed by atoms with Gasteiger partial charge in [-0.2, -0.15) is 8.78 Å². The van der Waals surface area contributed by atoms with E-state index in [1.807, 2.05) is 0 Å². The average Bonchev–Trinajstić information content (AvgIpc) is 3.35. The Morgan fingerprint density at radius 2 is 2.09 bits per heavy atom. The third-order valence-electron chi connectivity index (χ3n) is 4.91. The predicted octanol–water partition coefficient (Wildman–Crippen LogP) is 3.71. The van der Waals surface area contributed by atoms with Crippen molar-refractivity contribution in [3.63, 3.8) is 0 Å². The Kier molecular flexibility index (Phi) is 8.42. The summed E-state index contributed by atoms with van der Waals surface area (Å²) in [5.41, 5.74) is -2.22. The molecule has 0 saturated heterocycles. The maximum atomic E-state index is 15.1. The van der Waals surface area contributed by atoms with Crippen molar-refractivity contribution in [2.75, 3.05) is 13.2 Å². The van der Waals surface area contributed by atoms with Gasteiger partial charge in [0.05, 0.1) is 13.2 Å². The second-order valence-electron chi connectivity index (χ2n) is 7.26. The first-order valence-corrected chi connectivity index (χ1v) is 11.1. The van der Waals surface area contributed by atoms with Crippen molar-refractivity contribution in [1.82, 2.24) is 15.6 Å². The van der Waals surface area contributed by atoms with Crippen LogP contribution >= 0.6 is 22.9 Å². The van der Waals surface area contributed by atoms with E-state index in [0.29, 0.717) is 5.01 Å². The zero-order valence-electron chi connectivity index (χ0n) is 17.4. The third-order valence-corrected chi connectivity index (χ3v) is 6.02. The van der Waals surface area contributed by atoms with E-state index in [2.05, 4.69) is 15.3 Å². The van der Waals surface area contributed by atoms with Crippen molar-refractivity contribution in [3.8, 4) is 0 Å². The van der Waals surface area contributed by atoms with Crippen molar-refractivity contribution < 1.29 is 27.8 Å². The fourth-order valence-electron chi connectivity index (χ4n) is 3.30. The maximum absolute atomic E-state index is 15.1. The van der Waals surface area contributed by atoms with E-state index in [-0.39, 0.29) is 33.3 Å². The number of nitrogens with zero attached hydrogens (tertiary/aromatic N) is 2. The number of benzene rings is 1. The minimum Gasteiger partial charge on any atom is -0.393 e. The number of allylic oxidation sites excluding steroid dienone is 1. The first-order chi connectivity index (χ1) is 16.2. The minimum atomic E-state index is -2.95. The number of hydrogen-bond donors (Lipinski definition) is 5. The quantitative estimate of drug-likeness (QED) is 0.187. The Hall–Kier alpha value is -2.80. The lowest BCUT2D eigenvalue weighted by atomic mass is 9.87. The van der Waals surface area contributed by atoms with Crippen molar-refractivity contribution in [2.45, 2.75) is 24.7 Å². The molecule has 34 heavy (non-hydrogen) atoms. The molecule has 1 aromatic heterocycles. The number of alkyl halides is 3. The number of aliphatic hydroxyl groups is 2. The van der Waals surface area contributed by atoms with Gasteiger partial charge in [-0.1, -0.05) is 17.7 Å². The van der Waals surface area contributed by atoms with E-state index in [4.69, 9.17) is 17.0 Å². The number of aromatic nitrogens is 1. The fraction of sp³-hybridized carbons (Fsp3) is 0.286. The SMILES string of the molecule is N=C/C(=C\NC(F)F)C1=C(CC(F)(CO)CO)NC(c2nccs2)=N[C@H]1c1ccc(F)cc1Cl. The summed E-state index contributed by atoms with van der Waals surface area (Å²) in [4.78, 5) is 8.75. The average molecular weight is 518 g/mol. The van der Waals surface area contributed by atoms with Crippen LogP contribution in [0, 0.1) is 11.2 Å². The standard InChI is InChI=1S/C21H20ClF4N5O2S/c22-14-5-12(23)1-2-13(14)17-16(11(7-27)8-29-20(24)25)15(6-21(26,9-32)10-33)30-18(31-17)19-28-3-4-34-19/h1-5,7-8,17,20,27,29,32-33H,6,9-10H2,(H,30,31)/b11-8+,27-7?/t17-/m0/s1. The van der Waals surface area contributed by atoms with Gasteiger partial charge < -0.3 is 26.3 Å². The molecule has 0 radical (unpaired) electrons. The van der Waals surface area contributed by atoms with Crippen molar-refractivity contribution in [3.05, 3.63) is 74.2 Å². The molecule has 0 spiro atoms. The highest BCUT2D eigenvalue weighted by atomic mass is 35.5. The van der Waals surface area contributed by atoms with Crippen LogP contribution in [0.1, 0.15) is 23.0 Å². The summed E-state index contributed by atoms with van der Waals surface area (Å²) < 4.78 is 54.6. The van der Waals surface area contributed by atoms with Crippen LogP contribution in [0.25, 0.3) is 0 Å². The molecule has 0 saturated carbocycles. The number of aliphatic imine (C=N–C) groups is 1. The first-order valence-electron chi connectivity index (χ1n) is 9.80. The molecule has 2 heterocycles. The van der Waals surface area contributed by atoms with E-state index in [0.717, 1.165) is 24.5 Å². The van der Waals surface area contributed by atoms with Gasteiger partial charge in [0.25, 0.3) is 0 Å². The first kappa shape index (κ1) is 25.8. The van der Waals surface area contributed by atoms with Crippen LogP contribution in [0.3, 0.4) is 0 Å². The molecule has 13 heteroatoms. The molecule has 1 aliphatic rings. The monoisotopic (exact) mass is 517 g/mol. The van der Waals surface area contributed by atoms with Gasteiger partial charge in [-0.05, 0) is 17.7 Å². The van der Waals surface area contributed by atoms with Crippen LogP contribution in [-0.4, -0.2) is 52.7 Å². The molecule has 2 aromatic rings. The minimum absolute atomic E-state index is 0.0343. The van der Waals surface area contributed by atoms with Crippen molar-refractivity contribution in [1.29, 1.82) is 5.41 Å².